The number of methoxy groups -OCH3 is 1. The molecule has 0 saturated heterocycles. The summed E-state index contributed by atoms with van der Waals surface area (Å²) < 4.78 is 6.40. The second-order valence-corrected chi connectivity index (χ2v) is 6.87. The Balaban J connectivity index is 2.04. The first-order chi connectivity index (χ1) is 9.60. The Morgan fingerprint density at radius 1 is 1.10 bits per heavy atom. The smallest absolute Gasteiger partial charge is 0.119 e. The van der Waals surface area contributed by atoms with Gasteiger partial charge in [-0.1, -0.05) is 41.9 Å². The molecule has 0 aliphatic rings. The van der Waals surface area contributed by atoms with Gasteiger partial charge in [-0.05, 0) is 47.4 Å². The van der Waals surface area contributed by atoms with Crippen molar-refractivity contribution in [2.24, 2.45) is 0 Å². The molecule has 2 aromatic rings. The summed E-state index contributed by atoms with van der Waals surface area (Å²) >= 11 is 5.44. The van der Waals surface area contributed by atoms with Gasteiger partial charge in [-0.15, -0.1) is 11.8 Å². The molecule has 0 radical (unpaired) electrons. The van der Waals surface area contributed by atoms with E-state index in [1.165, 1.54) is 16.0 Å². The molecule has 0 amide bonds. The van der Waals surface area contributed by atoms with Crippen molar-refractivity contribution in [3.05, 3.63) is 58.1 Å². The molecule has 0 unspecified atom stereocenters. The van der Waals surface area contributed by atoms with Crippen LogP contribution in [0.2, 0.25) is 0 Å². The van der Waals surface area contributed by atoms with E-state index in [-0.39, 0.29) is 0 Å². The van der Waals surface area contributed by atoms with Crippen molar-refractivity contribution in [3.63, 3.8) is 0 Å². The van der Waals surface area contributed by atoms with Crippen LogP contribution < -0.4 is 4.74 Å². The number of rotatable bonds is 5. The van der Waals surface area contributed by atoms with E-state index in [0.29, 0.717) is 5.92 Å². The van der Waals surface area contributed by atoms with Gasteiger partial charge in [0.25, 0.3) is 0 Å². The van der Waals surface area contributed by atoms with Crippen LogP contribution in [0.4, 0.5) is 0 Å². The summed E-state index contributed by atoms with van der Waals surface area (Å²) in [6.07, 6.45) is 0. The van der Waals surface area contributed by atoms with Crippen LogP contribution in [0.3, 0.4) is 0 Å². The minimum absolute atomic E-state index is 0.585. The predicted octanol–water partition coefficient (Wildman–Crippen LogP) is 5.87. The fourth-order valence-electron chi connectivity index (χ4n) is 1.90. The SMILES string of the molecule is COc1ccc(Br)c(CSc2ccc(C(C)C)cc2)c1. The molecule has 3 heteroatoms. The summed E-state index contributed by atoms with van der Waals surface area (Å²) in [7, 11) is 1.70. The monoisotopic (exact) mass is 350 g/mol. The van der Waals surface area contributed by atoms with E-state index in [1.54, 1.807) is 7.11 Å². The van der Waals surface area contributed by atoms with Crippen LogP contribution in [0.5, 0.6) is 5.75 Å². The number of hydrogen-bond donors (Lipinski definition) is 0. The molecule has 0 saturated carbocycles. The fraction of sp³-hybridized carbons (Fsp3) is 0.294. The van der Waals surface area contributed by atoms with Gasteiger partial charge in [0.2, 0.25) is 0 Å². The van der Waals surface area contributed by atoms with E-state index in [1.807, 2.05) is 23.9 Å². The third kappa shape index (κ3) is 4.03. The van der Waals surface area contributed by atoms with Crippen LogP contribution >= 0.6 is 27.7 Å². The average Bonchev–Trinajstić information content (AvgIpc) is 2.47. The second-order valence-electron chi connectivity index (χ2n) is 4.97. The first-order valence-corrected chi connectivity index (χ1v) is 8.43. The van der Waals surface area contributed by atoms with Gasteiger partial charge in [-0.25, -0.2) is 0 Å². The number of hydrogen-bond acceptors (Lipinski definition) is 2. The summed E-state index contributed by atoms with van der Waals surface area (Å²) in [5, 5.41) is 0. The Hall–Kier alpha value is -0.930. The Morgan fingerprint density at radius 2 is 1.80 bits per heavy atom. The van der Waals surface area contributed by atoms with Crippen molar-refractivity contribution >= 4 is 27.7 Å². The van der Waals surface area contributed by atoms with E-state index in [9.17, 15) is 0 Å². The second kappa shape index (κ2) is 7.19. The van der Waals surface area contributed by atoms with Gasteiger partial charge in [0.1, 0.15) is 5.75 Å². The lowest BCUT2D eigenvalue weighted by atomic mass is 10.0. The van der Waals surface area contributed by atoms with Crippen molar-refractivity contribution in [1.82, 2.24) is 0 Å². The average molecular weight is 351 g/mol. The Morgan fingerprint density at radius 3 is 2.40 bits per heavy atom. The van der Waals surface area contributed by atoms with E-state index in [0.717, 1.165) is 16.0 Å². The van der Waals surface area contributed by atoms with Crippen LogP contribution in [0.1, 0.15) is 30.9 Å². The van der Waals surface area contributed by atoms with E-state index >= 15 is 0 Å². The van der Waals surface area contributed by atoms with Gasteiger partial charge in [0.15, 0.2) is 0 Å². The molecule has 0 aliphatic carbocycles. The van der Waals surface area contributed by atoms with Gasteiger partial charge in [-0.2, -0.15) is 0 Å². The quantitative estimate of drug-likeness (QED) is 0.623. The minimum Gasteiger partial charge on any atom is -0.497 e. The highest BCUT2D eigenvalue weighted by atomic mass is 79.9. The third-order valence-electron chi connectivity index (χ3n) is 3.19. The van der Waals surface area contributed by atoms with Crippen molar-refractivity contribution in [1.29, 1.82) is 0 Å². The highest BCUT2D eigenvalue weighted by Crippen LogP contribution is 2.30. The number of ether oxygens (including phenoxy) is 1. The lowest BCUT2D eigenvalue weighted by molar-refractivity contribution is 0.414. The maximum atomic E-state index is 5.27. The predicted molar refractivity (Wildman–Crippen MR) is 90.8 cm³/mol. The lowest BCUT2D eigenvalue weighted by Crippen LogP contribution is -1.88. The van der Waals surface area contributed by atoms with Crippen LogP contribution in [0.25, 0.3) is 0 Å². The van der Waals surface area contributed by atoms with E-state index < -0.39 is 0 Å². The van der Waals surface area contributed by atoms with Gasteiger partial charge in [-0.3, -0.25) is 0 Å². The first-order valence-electron chi connectivity index (χ1n) is 6.65. The van der Waals surface area contributed by atoms with Crippen LogP contribution in [-0.2, 0) is 5.75 Å². The molecule has 0 bridgehead atoms. The maximum absolute atomic E-state index is 5.27. The molecular formula is C17H19BrOS. The highest BCUT2D eigenvalue weighted by Gasteiger charge is 2.04. The van der Waals surface area contributed by atoms with Crippen molar-refractivity contribution in [2.45, 2.75) is 30.4 Å². The van der Waals surface area contributed by atoms with Gasteiger partial charge in [0, 0.05) is 15.1 Å². The molecule has 2 aromatic carbocycles. The van der Waals surface area contributed by atoms with Crippen molar-refractivity contribution in [3.8, 4) is 5.75 Å². The molecule has 1 nitrogen and oxygen atoms in total. The number of halogens is 1. The fourth-order valence-corrected chi connectivity index (χ4v) is 3.36. The zero-order valence-corrected chi connectivity index (χ0v) is 14.4. The topological polar surface area (TPSA) is 9.23 Å². The van der Waals surface area contributed by atoms with Gasteiger partial charge < -0.3 is 4.74 Å². The standard InChI is InChI=1S/C17H19BrOS/c1-12(2)13-4-7-16(8-5-13)20-11-14-10-15(19-3)6-9-17(14)18/h4-10,12H,11H2,1-3H3. The molecule has 2 rings (SSSR count). The van der Waals surface area contributed by atoms with Crippen molar-refractivity contribution in [2.75, 3.05) is 7.11 Å². The molecule has 0 aliphatic heterocycles. The largest absolute Gasteiger partial charge is 0.497 e. The molecule has 0 spiro atoms. The van der Waals surface area contributed by atoms with Crippen LogP contribution in [0.15, 0.2) is 51.8 Å². The summed E-state index contributed by atoms with van der Waals surface area (Å²) in [4.78, 5) is 1.30. The summed E-state index contributed by atoms with van der Waals surface area (Å²) in [5.74, 6) is 2.42. The summed E-state index contributed by atoms with van der Waals surface area (Å²) in [6.45, 7) is 4.44. The first kappa shape index (κ1) is 15.5. The van der Waals surface area contributed by atoms with E-state index in [2.05, 4.69) is 60.1 Å². The van der Waals surface area contributed by atoms with Gasteiger partial charge >= 0.3 is 0 Å². The summed E-state index contributed by atoms with van der Waals surface area (Å²) in [6, 6.07) is 14.9. The van der Waals surface area contributed by atoms with Crippen LogP contribution in [0, 0.1) is 0 Å². The Kier molecular flexibility index (Phi) is 5.55. The summed E-state index contributed by atoms with van der Waals surface area (Å²) in [5.41, 5.74) is 2.64. The minimum atomic E-state index is 0.585. The van der Waals surface area contributed by atoms with E-state index in [4.69, 9.17) is 4.74 Å². The normalized spacial score (nSPS) is 10.8. The van der Waals surface area contributed by atoms with Crippen LogP contribution in [-0.4, -0.2) is 7.11 Å². The molecule has 20 heavy (non-hydrogen) atoms. The lowest BCUT2D eigenvalue weighted by Gasteiger charge is -2.09. The molecule has 0 N–H and O–H groups in total. The Labute approximate surface area is 133 Å². The molecular weight excluding hydrogens is 332 g/mol. The molecule has 0 fully saturated rings. The number of benzene rings is 2. The molecule has 0 atom stereocenters. The zero-order valence-electron chi connectivity index (χ0n) is 12.0. The van der Waals surface area contributed by atoms with Crippen molar-refractivity contribution < 1.29 is 4.74 Å². The number of thioether (sulfide) groups is 1. The molecule has 0 aromatic heterocycles. The highest BCUT2D eigenvalue weighted by molar-refractivity contribution is 9.10. The molecule has 106 valence electrons. The third-order valence-corrected chi connectivity index (χ3v) is 5.03. The molecule has 0 heterocycles. The Bertz CT molecular complexity index is 564. The van der Waals surface area contributed by atoms with Gasteiger partial charge in [0.05, 0.1) is 7.11 Å². The zero-order chi connectivity index (χ0) is 14.5. The maximum Gasteiger partial charge on any atom is 0.119 e.